The SMILES string of the molecule is CCCCc1n[c]c2cn[nH]c2n1. The van der Waals surface area contributed by atoms with E-state index < -0.39 is 0 Å². The van der Waals surface area contributed by atoms with E-state index in [1.807, 2.05) is 0 Å². The number of aryl methyl sites for hydroxylation is 1. The summed E-state index contributed by atoms with van der Waals surface area (Å²) in [6, 6.07) is 0. The molecule has 4 nitrogen and oxygen atoms in total. The fourth-order valence-corrected chi connectivity index (χ4v) is 1.17. The third-order valence-corrected chi connectivity index (χ3v) is 1.92. The van der Waals surface area contributed by atoms with Crippen LogP contribution in [0.2, 0.25) is 0 Å². The number of hydrogen-bond donors (Lipinski definition) is 1. The molecule has 0 spiro atoms. The number of H-pyrrole nitrogens is 1. The van der Waals surface area contributed by atoms with Gasteiger partial charge in [-0.15, -0.1) is 0 Å². The molecule has 0 amide bonds. The highest BCUT2D eigenvalue weighted by Gasteiger charge is 2.00. The Hall–Kier alpha value is -1.45. The van der Waals surface area contributed by atoms with E-state index in [9.17, 15) is 0 Å². The lowest BCUT2D eigenvalue weighted by molar-refractivity contribution is 0.755. The van der Waals surface area contributed by atoms with E-state index >= 15 is 0 Å². The molecular formula is C9H11N4. The number of nitrogens with zero attached hydrogens (tertiary/aromatic N) is 3. The largest absolute Gasteiger partial charge is 0.261 e. The third-order valence-electron chi connectivity index (χ3n) is 1.92. The number of unbranched alkanes of at least 4 members (excludes halogenated alkanes) is 1. The van der Waals surface area contributed by atoms with Crippen LogP contribution in [0.25, 0.3) is 11.0 Å². The van der Waals surface area contributed by atoms with Crippen LogP contribution in [0.15, 0.2) is 6.20 Å². The average Bonchev–Trinajstić information content (AvgIpc) is 2.61. The van der Waals surface area contributed by atoms with Crippen molar-refractivity contribution in [1.82, 2.24) is 20.2 Å². The van der Waals surface area contributed by atoms with E-state index in [1.165, 1.54) is 0 Å². The minimum absolute atomic E-state index is 0.779. The number of nitrogens with one attached hydrogen (secondary N) is 1. The minimum atomic E-state index is 0.779. The van der Waals surface area contributed by atoms with Gasteiger partial charge < -0.3 is 0 Å². The quantitative estimate of drug-likeness (QED) is 0.769. The van der Waals surface area contributed by atoms with Gasteiger partial charge in [0.15, 0.2) is 5.65 Å². The van der Waals surface area contributed by atoms with Crippen LogP contribution in [-0.2, 0) is 6.42 Å². The second kappa shape index (κ2) is 3.51. The van der Waals surface area contributed by atoms with E-state index in [1.54, 1.807) is 6.20 Å². The average molecular weight is 175 g/mol. The molecule has 67 valence electrons. The molecular weight excluding hydrogens is 164 g/mol. The summed E-state index contributed by atoms with van der Waals surface area (Å²) >= 11 is 0. The fourth-order valence-electron chi connectivity index (χ4n) is 1.17. The summed E-state index contributed by atoms with van der Waals surface area (Å²) in [6.45, 7) is 2.15. The summed E-state index contributed by atoms with van der Waals surface area (Å²) in [7, 11) is 0. The summed E-state index contributed by atoms with van der Waals surface area (Å²) in [6.07, 6.45) is 7.78. The van der Waals surface area contributed by atoms with Gasteiger partial charge in [0.1, 0.15) is 12.0 Å². The van der Waals surface area contributed by atoms with Gasteiger partial charge in [-0.25, -0.2) is 9.97 Å². The van der Waals surface area contributed by atoms with Crippen molar-refractivity contribution in [3.63, 3.8) is 0 Å². The molecule has 2 aromatic heterocycles. The Morgan fingerprint density at radius 2 is 2.46 bits per heavy atom. The van der Waals surface area contributed by atoms with E-state index in [-0.39, 0.29) is 0 Å². The maximum atomic E-state index is 4.31. The van der Waals surface area contributed by atoms with Gasteiger partial charge in [0.2, 0.25) is 0 Å². The highest BCUT2D eigenvalue weighted by Crippen LogP contribution is 2.06. The Morgan fingerprint density at radius 3 is 3.31 bits per heavy atom. The van der Waals surface area contributed by atoms with Crippen molar-refractivity contribution in [2.24, 2.45) is 0 Å². The lowest BCUT2D eigenvalue weighted by atomic mass is 10.2. The van der Waals surface area contributed by atoms with Gasteiger partial charge in [0.25, 0.3) is 0 Å². The lowest BCUT2D eigenvalue weighted by Gasteiger charge is -1.96. The Morgan fingerprint density at radius 1 is 1.54 bits per heavy atom. The normalized spacial score (nSPS) is 10.8. The van der Waals surface area contributed by atoms with Gasteiger partial charge in [-0.1, -0.05) is 13.3 Å². The summed E-state index contributed by atoms with van der Waals surface area (Å²) in [4.78, 5) is 8.43. The zero-order chi connectivity index (χ0) is 9.10. The zero-order valence-electron chi connectivity index (χ0n) is 7.54. The van der Waals surface area contributed by atoms with E-state index in [4.69, 9.17) is 0 Å². The van der Waals surface area contributed by atoms with Gasteiger partial charge in [0, 0.05) is 6.42 Å². The molecule has 4 heteroatoms. The Bertz CT molecular complexity index is 393. The maximum absolute atomic E-state index is 4.31. The molecule has 0 atom stereocenters. The van der Waals surface area contributed by atoms with Crippen molar-refractivity contribution >= 4 is 11.0 Å². The molecule has 0 fully saturated rings. The van der Waals surface area contributed by atoms with Gasteiger partial charge in [-0.2, -0.15) is 5.10 Å². The Labute approximate surface area is 76.4 Å². The van der Waals surface area contributed by atoms with Gasteiger partial charge in [0.05, 0.1) is 11.6 Å². The van der Waals surface area contributed by atoms with Crippen LogP contribution >= 0.6 is 0 Å². The predicted octanol–water partition coefficient (Wildman–Crippen LogP) is 1.50. The molecule has 1 N–H and O–H groups in total. The van der Waals surface area contributed by atoms with Crippen LogP contribution < -0.4 is 0 Å². The first-order chi connectivity index (χ1) is 6.40. The summed E-state index contributed by atoms with van der Waals surface area (Å²) in [5.74, 6) is 0.846. The molecule has 2 aromatic rings. The fraction of sp³-hybridized carbons (Fsp3) is 0.444. The van der Waals surface area contributed by atoms with Crippen molar-refractivity contribution < 1.29 is 0 Å². The smallest absolute Gasteiger partial charge is 0.159 e. The predicted molar refractivity (Wildman–Crippen MR) is 49.1 cm³/mol. The molecule has 0 saturated carbocycles. The summed E-state index contributed by atoms with van der Waals surface area (Å²) in [5, 5.41) is 7.52. The molecule has 0 aliphatic carbocycles. The number of hydrogen-bond acceptors (Lipinski definition) is 3. The van der Waals surface area contributed by atoms with Crippen molar-refractivity contribution in [3.05, 3.63) is 18.2 Å². The topological polar surface area (TPSA) is 54.5 Å². The molecule has 13 heavy (non-hydrogen) atoms. The van der Waals surface area contributed by atoms with Crippen LogP contribution in [0.1, 0.15) is 25.6 Å². The first-order valence-electron chi connectivity index (χ1n) is 4.48. The number of fused-ring (bicyclic) bond motifs is 1. The van der Waals surface area contributed by atoms with E-state index in [0.29, 0.717) is 0 Å². The summed E-state index contributed by atoms with van der Waals surface area (Å²) in [5.41, 5.74) is 0.779. The minimum Gasteiger partial charge on any atom is -0.261 e. The molecule has 0 aromatic carbocycles. The Balaban J connectivity index is 2.26. The first-order valence-corrected chi connectivity index (χ1v) is 4.48. The second-order valence-electron chi connectivity index (χ2n) is 2.99. The number of aromatic nitrogens is 4. The molecule has 2 rings (SSSR count). The highest BCUT2D eigenvalue weighted by atomic mass is 15.1. The molecule has 0 bridgehead atoms. The van der Waals surface area contributed by atoms with E-state index in [2.05, 4.69) is 33.3 Å². The van der Waals surface area contributed by atoms with Crippen LogP contribution in [0.4, 0.5) is 0 Å². The maximum Gasteiger partial charge on any atom is 0.159 e. The van der Waals surface area contributed by atoms with Gasteiger partial charge in [-0.05, 0) is 6.42 Å². The molecule has 0 aliphatic rings. The third kappa shape index (κ3) is 1.66. The van der Waals surface area contributed by atoms with Crippen molar-refractivity contribution in [3.8, 4) is 0 Å². The van der Waals surface area contributed by atoms with Crippen molar-refractivity contribution in [2.45, 2.75) is 26.2 Å². The standard InChI is InChI=1S/C9H11N4/c1-2-3-4-8-10-5-7-6-11-13-9(7)12-8/h6H,2-4H2,1H3,(H,10,11,12,13). The molecule has 0 aliphatic heterocycles. The monoisotopic (exact) mass is 175 g/mol. The van der Waals surface area contributed by atoms with Crippen LogP contribution in [-0.4, -0.2) is 20.2 Å². The van der Waals surface area contributed by atoms with Crippen LogP contribution in [0, 0.1) is 6.20 Å². The lowest BCUT2D eigenvalue weighted by Crippen LogP contribution is -1.94. The second-order valence-corrected chi connectivity index (χ2v) is 2.99. The zero-order valence-corrected chi connectivity index (χ0v) is 7.54. The Kier molecular flexibility index (Phi) is 2.21. The van der Waals surface area contributed by atoms with E-state index in [0.717, 1.165) is 36.1 Å². The molecule has 0 unspecified atom stereocenters. The van der Waals surface area contributed by atoms with Crippen molar-refractivity contribution in [1.29, 1.82) is 0 Å². The first kappa shape index (κ1) is 8.16. The van der Waals surface area contributed by atoms with Crippen molar-refractivity contribution in [2.75, 3.05) is 0 Å². The van der Waals surface area contributed by atoms with Gasteiger partial charge in [-0.3, -0.25) is 5.10 Å². The number of aromatic amines is 1. The molecule has 2 heterocycles. The number of rotatable bonds is 3. The highest BCUT2D eigenvalue weighted by molar-refractivity contribution is 5.71. The summed E-state index contributed by atoms with van der Waals surface area (Å²) < 4.78 is 0. The van der Waals surface area contributed by atoms with Gasteiger partial charge >= 0.3 is 0 Å². The molecule has 1 radical (unpaired) electrons. The van der Waals surface area contributed by atoms with Crippen LogP contribution in [0.3, 0.4) is 0 Å². The molecule has 0 saturated heterocycles. The van der Waals surface area contributed by atoms with Crippen LogP contribution in [0.5, 0.6) is 0 Å².